The molecule has 7 heteroatoms. The highest BCUT2D eigenvalue weighted by molar-refractivity contribution is 7.98. The third-order valence-electron chi connectivity index (χ3n) is 2.76. The van der Waals surface area contributed by atoms with E-state index in [9.17, 15) is 9.59 Å². The topological polar surface area (TPSA) is 61.4 Å². The molecule has 1 rings (SSSR count). The molecule has 0 aliphatic carbocycles. The van der Waals surface area contributed by atoms with E-state index >= 15 is 0 Å². The molecule has 0 spiro atoms. The van der Waals surface area contributed by atoms with Crippen LogP contribution < -0.4 is 10.6 Å². The Bertz CT molecular complexity index is 509. The first-order valence-corrected chi connectivity index (χ1v) is 8.13. The highest BCUT2D eigenvalue weighted by Crippen LogP contribution is 2.27. The molecule has 0 aromatic heterocycles. The molecule has 1 aromatic rings. The molecule has 0 atom stereocenters. The van der Waals surface area contributed by atoms with Gasteiger partial charge in [0.05, 0.1) is 5.02 Å². The largest absolute Gasteiger partial charge is 0.349 e. The SMILES string of the molecule is CSc1ccc(NC(=O)NCCCC(=O)N(C)C)cc1Cl. The van der Waals surface area contributed by atoms with Crippen molar-refractivity contribution in [2.24, 2.45) is 0 Å². The summed E-state index contributed by atoms with van der Waals surface area (Å²) < 4.78 is 0. The molecule has 0 aliphatic rings. The predicted octanol–water partition coefficient (Wildman–Crippen LogP) is 3.05. The highest BCUT2D eigenvalue weighted by atomic mass is 35.5. The number of hydrogen-bond acceptors (Lipinski definition) is 3. The lowest BCUT2D eigenvalue weighted by molar-refractivity contribution is -0.128. The van der Waals surface area contributed by atoms with Crippen LogP contribution in [-0.2, 0) is 4.79 Å². The van der Waals surface area contributed by atoms with Crippen LogP contribution in [0.2, 0.25) is 5.02 Å². The van der Waals surface area contributed by atoms with Gasteiger partial charge in [0.1, 0.15) is 0 Å². The summed E-state index contributed by atoms with van der Waals surface area (Å²) in [5.74, 6) is 0.0524. The zero-order valence-corrected chi connectivity index (χ0v) is 14.0. The fourth-order valence-corrected chi connectivity index (χ4v) is 2.45. The molecular weight excluding hydrogens is 310 g/mol. The van der Waals surface area contributed by atoms with Crippen molar-refractivity contribution in [3.05, 3.63) is 23.2 Å². The van der Waals surface area contributed by atoms with Crippen LogP contribution in [0.25, 0.3) is 0 Å². The quantitative estimate of drug-likeness (QED) is 0.623. The van der Waals surface area contributed by atoms with Crippen molar-refractivity contribution in [3.8, 4) is 0 Å². The summed E-state index contributed by atoms with van der Waals surface area (Å²) >= 11 is 7.62. The van der Waals surface area contributed by atoms with E-state index < -0.39 is 0 Å². The van der Waals surface area contributed by atoms with Crippen LogP contribution in [0.1, 0.15) is 12.8 Å². The van der Waals surface area contributed by atoms with Crippen LogP contribution in [0.5, 0.6) is 0 Å². The number of nitrogens with zero attached hydrogens (tertiary/aromatic N) is 1. The summed E-state index contributed by atoms with van der Waals surface area (Å²) in [6.07, 6.45) is 2.97. The molecule has 2 N–H and O–H groups in total. The van der Waals surface area contributed by atoms with Gasteiger partial charge in [-0.3, -0.25) is 4.79 Å². The summed E-state index contributed by atoms with van der Waals surface area (Å²) in [7, 11) is 3.43. The fourth-order valence-electron chi connectivity index (χ4n) is 1.58. The Kier molecular flexibility index (Phi) is 7.39. The molecule has 0 heterocycles. The van der Waals surface area contributed by atoms with Crippen LogP contribution in [-0.4, -0.2) is 43.7 Å². The van der Waals surface area contributed by atoms with Crippen LogP contribution in [0, 0.1) is 0 Å². The Labute approximate surface area is 134 Å². The minimum absolute atomic E-state index is 0.0524. The lowest BCUT2D eigenvalue weighted by Crippen LogP contribution is -2.30. The number of halogens is 1. The van der Waals surface area contributed by atoms with Crippen LogP contribution in [0.3, 0.4) is 0 Å². The van der Waals surface area contributed by atoms with Gasteiger partial charge in [0.2, 0.25) is 5.91 Å². The summed E-state index contributed by atoms with van der Waals surface area (Å²) in [6.45, 7) is 0.446. The first kappa shape index (κ1) is 17.7. The molecule has 0 fully saturated rings. The van der Waals surface area contributed by atoms with E-state index in [0.29, 0.717) is 30.1 Å². The molecule has 21 heavy (non-hydrogen) atoms. The summed E-state index contributed by atoms with van der Waals surface area (Å²) in [5.41, 5.74) is 0.639. The average Bonchev–Trinajstić information content (AvgIpc) is 2.43. The molecule has 0 bridgehead atoms. The first-order valence-electron chi connectivity index (χ1n) is 6.52. The maximum Gasteiger partial charge on any atom is 0.319 e. The van der Waals surface area contributed by atoms with Crippen LogP contribution in [0.15, 0.2) is 23.1 Å². The van der Waals surface area contributed by atoms with E-state index in [2.05, 4.69) is 10.6 Å². The third kappa shape index (κ3) is 6.27. The molecule has 0 aliphatic heterocycles. The Morgan fingerprint density at radius 1 is 1.33 bits per heavy atom. The third-order valence-corrected chi connectivity index (χ3v) is 3.98. The first-order chi connectivity index (χ1) is 9.93. The Balaban J connectivity index is 2.34. The minimum atomic E-state index is -0.305. The Hall–Kier alpha value is -1.40. The Morgan fingerprint density at radius 3 is 2.62 bits per heavy atom. The number of rotatable bonds is 6. The molecule has 0 unspecified atom stereocenters. The van der Waals surface area contributed by atoms with Gasteiger partial charge < -0.3 is 15.5 Å². The van der Waals surface area contributed by atoms with Gasteiger partial charge in [0.15, 0.2) is 0 Å². The maximum atomic E-state index is 11.7. The number of nitrogens with one attached hydrogen (secondary N) is 2. The van der Waals surface area contributed by atoms with Gasteiger partial charge in [-0.15, -0.1) is 11.8 Å². The predicted molar refractivity (Wildman–Crippen MR) is 88.2 cm³/mol. The van der Waals surface area contributed by atoms with Gasteiger partial charge in [-0.2, -0.15) is 0 Å². The number of hydrogen-bond donors (Lipinski definition) is 2. The summed E-state index contributed by atoms with van der Waals surface area (Å²) in [6, 6.07) is 5.06. The van der Waals surface area contributed by atoms with Gasteiger partial charge in [-0.1, -0.05) is 11.6 Å². The van der Waals surface area contributed by atoms with Crippen LogP contribution in [0.4, 0.5) is 10.5 Å². The van der Waals surface area contributed by atoms with E-state index in [1.165, 1.54) is 4.90 Å². The van der Waals surface area contributed by atoms with E-state index in [-0.39, 0.29) is 11.9 Å². The molecule has 0 saturated heterocycles. The molecule has 1 aromatic carbocycles. The van der Waals surface area contributed by atoms with Gasteiger partial charge in [-0.05, 0) is 30.9 Å². The van der Waals surface area contributed by atoms with E-state index in [0.717, 1.165) is 4.90 Å². The second kappa shape index (κ2) is 8.79. The normalized spacial score (nSPS) is 10.1. The minimum Gasteiger partial charge on any atom is -0.349 e. The maximum absolute atomic E-state index is 11.7. The van der Waals surface area contributed by atoms with Crippen molar-refractivity contribution in [3.63, 3.8) is 0 Å². The van der Waals surface area contributed by atoms with Crippen molar-refractivity contribution in [2.45, 2.75) is 17.7 Å². The number of anilines is 1. The second-order valence-corrected chi connectivity index (χ2v) is 5.88. The molecular formula is C14H20ClN3O2S. The molecule has 3 amide bonds. The van der Waals surface area contributed by atoms with Crippen molar-refractivity contribution in [1.29, 1.82) is 0 Å². The highest BCUT2D eigenvalue weighted by Gasteiger charge is 2.06. The van der Waals surface area contributed by atoms with Gasteiger partial charge in [0, 0.05) is 37.6 Å². The monoisotopic (exact) mass is 329 g/mol. The van der Waals surface area contributed by atoms with Crippen molar-refractivity contribution in [2.75, 3.05) is 32.2 Å². The van der Waals surface area contributed by atoms with E-state index in [4.69, 9.17) is 11.6 Å². The molecule has 5 nitrogen and oxygen atoms in total. The standard InChI is InChI=1S/C14H20ClN3O2S/c1-18(2)13(19)5-4-8-16-14(20)17-10-6-7-12(21-3)11(15)9-10/h6-7,9H,4-5,8H2,1-3H3,(H2,16,17,20). The lowest BCUT2D eigenvalue weighted by Gasteiger charge is -2.11. The van der Waals surface area contributed by atoms with Gasteiger partial charge in [0.25, 0.3) is 0 Å². The summed E-state index contributed by atoms with van der Waals surface area (Å²) in [5, 5.41) is 6.02. The van der Waals surface area contributed by atoms with Crippen molar-refractivity contribution >= 4 is 41.0 Å². The second-order valence-electron chi connectivity index (χ2n) is 4.62. The lowest BCUT2D eigenvalue weighted by atomic mass is 10.3. The number of amides is 3. The number of carbonyl (C=O) groups is 2. The summed E-state index contributed by atoms with van der Waals surface area (Å²) in [4.78, 5) is 25.5. The molecule has 116 valence electrons. The molecule has 0 saturated carbocycles. The smallest absolute Gasteiger partial charge is 0.319 e. The zero-order chi connectivity index (χ0) is 15.8. The number of benzene rings is 1. The van der Waals surface area contributed by atoms with E-state index in [1.807, 2.05) is 12.3 Å². The zero-order valence-electron chi connectivity index (χ0n) is 12.4. The van der Waals surface area contributed by atoms with Crippen LogP contribution >= 0.6 is 23.4 Å². The number of urea groups is 1. The van der Waals surface area contributed by atoms with Crippen molar-refractivity contribution < 1.29 is 9.59 Å². The van der Waals surface area contributed by atoms with Gasteiger partial charge in [-0.25, -0.2) is 4.79 Å². The molecule has 0 radical (unpaired) electrons. The average molecular weight is 330 g/mol. The van der Waals surface area contributed by atoms with Gasteiger partial charge >= 0.3 is 6.03 Å². The Morgan fingerprint density at radius 2 is 2.05 bits per heavy atom. The van der Waals surface area contributed by atoms with E-state index in [1.54, 1.807) is 38.0 Å². The number of carbonyl (C=O) groups excluding carboxylic acids is 2. The van der Waals surface area contributed by atoms with Crippen molar-refractivity contribution in [1.82, 2.24) is 10.2 Å². The number of thioether (sulfide) groups is 1. The fraction of sp³-hybridized carbons (Fsp3) is 0.429.